The molecule has 0 spiro atoms. The van der Waals surface area contributed by atoms with E-state index >= 15 is 0 Å². The molecule has 142 valence electrons. The molecular formula is C18H15FN6O3. The van der Waals surface area contributed by atoms with Crippen LogP contribution in [0.1, 0.15) is 17.3 Å². The topological polar surface area (TPSA) is 146 Å². The van der Waals surface area contributed by atoms with Crippen LogP contribution in [0.3, 0.4) is 0 Å². The molecular weight excluding hydrogens is 367 g/mol. The molecule has 0 amide bonds. The van der Waals surface area contributed by atoms with Gasteiger partial charge in [-0.2, -0.15) is 5.10 Å². The van der Waals surface area contributed by atoms with Crippen LogP contribution >= 0.6 is 0 Å². The van der Waals surface area contributed by atoms with Crippen LogP contribution in [-0.4, -0.2) is 32.9 Å². The number of fused-ring (bicyclic) bond motifs is 1. The van der Waals surface area contributed by atoms with Crippen molar-refractivity contribution in [1.82, 2.24) is 20.3 Å². The Balaban J connectivity index is 1.96. The van der Waals surface area contributed by atoms with Crippen LogP contribution in [0.5, 0.6) is 0 Å². The van der Waals surface area contributed by atoms with Crippen LogP contribution in [0, 0.1) is 5.82 Å². The third-order valence-corrected chi connectivity index (χ3v) is 4.22. The Hall–Kier alpha value is -3.95. The van der Waals surface area contributed by atoms with E-state index in [9.17, 15) is 9.18 Å². The van der Waals surface area contributed by atoms with Crippen LogP contribution in [-0.2, 0) is 4.74 Å². The molecule has 0 saturated heterocycles. The number of nitrogens with one attached hydrogen (secondary N) is 1. The van der Waals surface area contributed by atoms with E-state index in [1.165, 1.54) is 12.3 Å². The van der Waals surface area contributed by atoms with Gasteiger partial charge in [0.1, 0.15) is 5.82 Å². The standard InChI is InChI=1S/C18H15FN6O3/c1-2-27-18(26)10-3-9(12(19)4-13(10)20)15-14-16(28-25-17(14)21)11(7-22-15)8-5-23-24-6-8/h3-7H,2,20H2,1H3,(H2,21,25)(H,23,24). The van der Waals surface area contributed by atoms with Crippen molar-refractivity contribution in [2.24, 2.45) is 0 Å². The molecule has 0 aliphatic rings. The highest BCUT2D eigenvalue weighted by molar-refractivity contribution is 6.06. The van der Waals surface area contributed by atoms with Crippen molar-refractivity contribution in [2.45, 2.75) is 6.92 Å². The lowest BCUT2D eigenvalue weighted by Gasteiger charge is -2.10. The smallest absolute Gasteiger partial charge is 0.340 e. The maximum atomic E-state index is 14.7. The normalized spacial score (nSPS) is 11.1. The summed E-state index contributed by atoms with van der Waals surface area (Å²) in [6, 6.07) is 2.33. The SMILES string of the molecule is CCOC(=O)c1cc(-c2ncc(-c3cn[nH]c3)c3onc(N)c23)c(F)cc1N. The van der Waals surface area contributed by atoms with Gasteiger partial charge in [-0.3, -0.25) is 10.1 Å². The summed E-state index contributed by atoms with van der Waals surface area (Å²) in [5, 5.41) is 10.7. The number of hydrogen-bond acceptors (Lipinski definition) is 8. The third kappa shape index (κ3) is 2.71. The Bertz CT molecular complexity index is 1190. The number of ether oxygens (including phenoxy) is 1. The number of aromatic nitrogens is 4. The highest BCUT2D eigenvalue weighted by Crippen LogP contribution is 2.38. The molecule has 0 aliphatic heterocycles. The molecule has 28 heavy (non-hydrogen) atoms. The van der Waals surface area contributed by atoms with Crippen LogP contribution in [0.25, 0.3) is 33.4 Å². The molecule has 0 unspecified atom stereocenters. The first-order chi connectivity index (χ1) is 13.5. The maximum absolute atomic E-state index is 14.7. The monoisotopic (exact) mass is 382 g/mol. The Kier molecular flexibility index (Phi) is 4.15. The quantitative estimate of drug-likeness (QED) is 0.361. The molecule has 3 aromatic heterocycles. The fraction of sp³-hybridized carbons (Fsp3) is 0.111. The Morgan fingerprint density at radius 3 is 2.82 bits per heavy atom. The van der Waals surface area contributed by atoms with Crippen molar-refractivity contribution < 1.29 is 18.4 Å². The van der Waals surface area contributed by atoms with Crippen molar-refractivity contribution in [1.29, 1.82) is 0 Å². The maximum Gasteiger partial charge on any atom is 0.340 e. The van der Waals surface area contributed by atoms with E-state index in [2.05, 4.69) is 20.3 Å². The van der Waals surface area contributed by atoms with Gasteiger partial charge in [-0.15, -0.1) is 0 Å². The zero-order valence-electron chi connectivity index (χ0n) is 14.7. The minimum absolute atomic E-state index is 0.0240. The number of esters is 1. The minimum Gasteiger partial charge on any atom is -0.462 e. The van der Waals surface area contributed by atoms with Gasteiger partial charge in [0.05, 0.1) is 29.4 Å². The van der Waals surface area contributed by atoms with Gasteiger partial charge in [0.25, 0.3) is 0 Å². The number of hydrogen-bond donors (Lipinski definition) is 3. The predicted octanol–water partition coefficient (Wildman–Crippen LogP) is 2.76. The molecule has 5 N–H and O–H groups in total. The van der Waals surface area contributed by atoms with E-state index in [4.69, 9.17) is 20.7 Å². The van der Waals surface area contributed by atoms with Crippen molar-refractivity contribution in [3.8, 4) is 22.4 Å². The number of pyridine rings is 1. The summed E-state index contributed by atoms with van der Waals surface area (Å²) >= 11 is 0. The first-order valence-electron chi connectivity index (χ1n) is 8.30. The predicted molar refractivity (Wildman–Crippen MR) is 99.6 cm³/mol. The summed E-state index contributed by atoms with van der Waals surface area (Å²) in [6.45, 7) is 1.82. The number of nitrogens with zero attached hydrogens (tertiary/aromatic N) is 3. The molecule has 10 heteroatoms. The van der Waals surface area contributed by atoms with Gasteiger partial charge in [0, 0.05) is 34.8 Å². The second kappa shape index (κ2) is 6.65. The zero-order chi connectivity index (χ0) is 19.8. The molecule has 0 saturated carbocycles. The molecule has 4 rings (SSSR count). The molecule has 0 radical (unpaired) electrons. The van der Waals surface area contributed by atoms with Gasteiger partial charge in [-0.05, 0) is 19.1 Å². The zero-order valence-corrected chi connectivity index (χ0v) is 14.7. The number of anilines is 2. The van der Waals surface area contributed by atoms with E-state index in [0.29, 0.717) is 22.1 Å². The van der Waals surface area contributed by atoms with E-state index < -0.39 is 11.8 Å². The third-order valence-electron chi connectivity index (χ3n) is 4.22. The largest absolute Gasteiger partial charge is 0.462 e. The number of rotatable bonds is 4. The highest BCUT2D eigenvalue weighted by atomic mass is 19.1. The van der Waals surface area contributed by atoms with Crippen molar-refractivity contribution in [3.63, 3.8) is 0 Å². The summed E-state index contributed by atoms with van der Waals surface area (Å²) in [5.74, 6) is -1.29. The van der Waals surface area contributed by atoms with Crippen LogP contribution in [0.2, 0.25) is 0 Å². The lowest BCUT2D eigenvalue weighted by molar-refractivity contribution is 0.0527. The number of nitrogens with two attached hydrogens (primary N) is 2. The van der Waals surface area contributed by atoms with Gasteiger partial charge in [-0.1, -0.05) is 5.16 Å². The van der Waals surface area contributed by atoms with Crippen LogP contribution in [0.15, 0.2) is 35.2 Å². The van der Waals surface area contributed by atoms with E-state index in [1.54, 1.807) is 19.3 Å². The first kappa shape index (κ1) is 17.5. The lowest BCUT2D eigenvalue weighted by atomic mass is 10.0. The number of halogens is 1. The van der Waals surface area contributed by atoms with Crippen LogP contribution < -0.4 is 11.5 Å². The van der Waals surface area contributed by atoms with Gasteiger partial charge >= 0.3 is 5.97 Å². The Morgan fingerprint density at radius 2 is 2.11 bits per heavy atom. The van der Waals surface area contributed by atoms with E-state index in [-0.39, 0.29) is 34.9 Å². The van der Waals surface area contributed by atoms with Gasteiger partial charge < -0.3 is 20.7 Å². The van der Waals surface area contributed by atoms with Crippen molar-refractivity contribution in [3.05, 3.63) is 42.1 Å². The Labute approximate surface area is 157 Å². The van der Waals surface area contributed by atoms with Gasteiger partial charge in [0.15, 0.2) is 11.4 Å². The summed E-state index contributed by atoms with van der Waals surface area (Å²) < 4.78 is 25.1. The second-order valence-corrected chi connectivity index (χ2v) is 5.92. The van der Waals surface area contributed by atoms with Gasteiger partial charge in [-0.25, -0.2) is 9.18 Å². The number of benzene rings is 1. The van der Waals surface area contributed by atoms with Crippen LogP contribution in [0.4, 0.5) is 15.9 Å². The molecule has 1 aromatic carbocycles. The molecule has 0 aliphatic carbocycles. The average molecular weight is 382 g/mol. The summed E-state index contributed by atoms with van der Waals surface area (Å²) in [7, 11) is 0. The summed E-state index contributed by atoms with van der Waals surface area (Å²) in [4.78, 5) is 16.5. The molecule has 3 heterocycles. The number of aromatic amines is 1. The number of nitrogen functional groups attached to an aromatic ring is 2. The van der Waals surface area contributed by atoms with E-state index in [0.717, 1.165) is 6.07 Å². The van der Waals surface area contributed by atoms with Crippen molar-refractivity contribution in [2.75, 3.05) is 18.1 Å². The van der Waals surface area contributed by atoms with E-state index in [1.807, 2.05) is 0 Å². The minimum atomic E-state index is -0.670. The molecule has 9 nitrogen and oxygen atoms in total. The average Bonchev–Trinajstić information content (AvgIpc) is 3.32. The number of H-pyrrole nitrogens is 1. The number of carbonyl (C=O) groups excluding carboxylic acids is 1. The summed E-state index contributed by atoms with van der Waals surface area (Å²) in [6.07, 6.45) is 4.72. The molecule has 0 atom stereocenters. The number of carbonyl (C=O) groups is 1. The molecule has 0 fully saturated rings. The Morgan fingerprint density at radius 1 is 1.29 bits per heavy atom. The molecule has 4 aromatic rings. The van der Waals surface area contributed by atoms with Crippen molar-refractivity contribution >= 4 is 28.4 Å². The fourth-order valence-electron chi connectivity index (χ4n) is 2.93. The highest BCUT2D eigenvalue weighted by Gasteiger charge is 2.23. The fourth-order valence-corrected chi connectivity index (χ4v) is 2.93. The first-order valence-corrected chi connectivity index (χ1v) is 8.30. The molecule has 0 bridgehead atoms. The second-order valence-electron chi connectivity index (χ2n) is 5.92. The summed E-state index contributed by atoms with van der Waals surface area (Å²) in [5.41, 5.74) is 13.5. The lowest BCUT2D eigenvalue weighted by Crippen LogP contribution is -2.09. The van der Waals surface area contributed by atoms with Gasteiger partial charge in [0.2, 0.25) is 0 Å².